The molecule has 8 heteroatoms. The van der Waals surface area contributed by atoms with Crippen molar-refractivity contribution in [1.29, 1.82) is 0 Å². The number of pyridine rings is 1. The van der Waals surface area contributed by atoms with Gasteiger partial charge in [0.2, 0.25) is 0 Å². The van der Waals surface area contributed by atoms with E-state index in [1.807, 2.05) is 43.6 Å². The van der Waals surface area contributed by atoms with Gasteiger partial charge < -0.3 is 24.6 Å². The molecule has 2 aromatic heterocycles. The predicted octanol–water partition coefficient (Wildman–Crippen LogP) is 4.04. The maximum Gasteiger partial charge on any atom is 0.163 e. The third kappa shape index (κ3) is 4.72. The van der Waals surface area contributed by atoms with Crippen LogP contribution in [0.15, 0.2) is 55.3 Å². The predicted molar refractivity (Wildman–Crippen MR) is 133 cm³/mol. The van der Waals surface area contributed by atoms with Crippen LogP contribution in [0.4, 0.5) is 11.4 Å². The number of benzene rings is 1. The molecule has 0 spiro atoms. The summed E-state index contributed by atoms with van der Waals surface area (Å²) < 4.78 is 13.8. The molecule has 0 aliphatic carbocycles. The zero-order chi connectivity index (χ0) is 23.5. The van der Waals surface area contributed by atoms with Crippen molar-refractivity contribution in [3.05, 3.63) is 79.0 Å². The molecule has 1 radical (unpaired) electrons. The second-order valence-corrected chi connectivity index (χ2v) is 8.77. The number of hydrogen-bond acceptors (Lipinski definition) is 7. The van der Waals surface area contributed by atoms with E-state index < -0.39 is 0 Å². The molecule has 1 N–H and O–H groups in total. The van der Waals surface area contributed by atoms with Gasteiger partial charge in [-0.25, -0.2) is 0 Å². The maximum atomic E-state index is 6.12. The molecule has 34 heavy (non-hydrogen) atoms. The lowest BCUT2D eigenvalue weighted by atomic mass is 10.1. The van der Waals surface area contributed by atoms with Gasteiger partial charge >= 0.3 is 0 Å². The van der Waals surface area contributed by atoms with E-state index in [1.54, 1.807) is 7.11 Å². The van der Waals surface area contributed by atoms with E-state index in [1.165, 1.54) is 0 Å². The third-order valence-corrected chi connectivity index (χ3v) is 6.37. The van der Waals surface area contributed by atoms with Crippen molar-refractivity contribution in [3.8, 4) is 11.5 Å². The fourth-order valence-electron chi connectivity index (χ4n) is 4.37. The number of piperidine rings is 1. The number of hydrogen-bond donors (Lipinski definition) is 1. The highest BCUT2D eigenvalue weighted by atomic mass is 16.5. The van der Waals surface area contributed by atoms with Gasteiger partial charge in [0, 0.05) is 47.8 Å². The number of aromatic nitrogens is 3. The minimum absolute atomic E-state index is 0.414. The first-order valence-corrected chi connectivity index (χ1v) is 11.7. The quantitative estimate of drug-likeness (QED) is 0.572. The first-order valence-electron chi connectivity index (χ1n) is 11.7. The molecule has 0 atom stereocenters. The Morgan fingerprint density at radius 1 is 1.09 bits per heavy atom. The van der Waals surface area contributed by atoms with Crippen molar-refractivity contribution in [1.82, 2.24) is 20.1 Å². The molecule has 3 aromatic rings. The van der Waals surface area contributed by atoms with E-state index in [0.717, 1.165) is 54.1 Å². The molecule has 0 saturated carbocycles. The first-order chi connectivity index (χ1) is 16.6. The fourth-order valence-corrected chi connectivity index (χ4v) is 4.37. The minimum atomic E-state index is 0.414. The average molecular weight is 460 g/mol. The van der Waals surface area contributed by atoms with Gasteiger partial charge in [0.25, 0.3) is 0 Å². The Morgan fingerprint density at radius 2 is 1.91 bits per heavy atom. The molecule has 4 heterocycles. The summed E-state index contributed by atoms with van der Waals surface area (Å²) in [6.07, 6.45) is 12.3. The smallest absolute Gasteiger partial charge is 0.163 e. The lowest BCUT2D eigenvalue weighted by molar-refractivity contribution is 0.284. The summed E-state index contributed by atoms with van der Waals surface area (Å²) in [5.41, 5.74) is 4.92. The molecule has 0 amide bonds. The number of nitrogens with one attached hydrogen (secondary N) is 1. The normalized spacial score (nSPS) is 16.3. The van der Waals surface area contributed by atoms with E-state index >= 15 is 0 Å². The van der Waals surface area contributed by atoms with Gasteiger partial charge in [-0.1, -0.05) is 6.07 Å². The van der Waals surface area contributed by atoms with E-state index in [9.17, 15) is 0 Å². The summed E-state index contributed by atoms with van der Waals surface area (Å²) in [6, 6.07) is 8.39. The van der Waals surface area contributed by atoms with Gasteiger partial charge in [-0.05, 0) is 57.5 Å². The number of ether oxygens (including phenoxy) is 2. The van der Waals surface area contributed by atoms with Crippen LogP contribution in [0.5, 0.6) is 11.5 Å². The summed E-state index contributed by atoms with van der Waals surface area (Å²) in [6.45, 7) is 9.40. The second kappa shape index (κ2) is 9.77. The van der Waals surface area contributed by atoms with Gasteiger partial charge in [-0.15, -0.1) is 0 Å². The number of methoxy groups -OCH3 is 1. The van der Waals surface area contributed by atoms with Crippen LogP contribution in [0.2, 0.25) is 0 Å². The number of nitrogens with zero attached hydrogens (tertiary/aromatic N) is 5. The van der Waals surface area contributed by atoms with Crippen LogP contribution in [0.3, 0.4) is 0 Å². The topological polar surface area (TPSA) is 67.7 Å². The van der Waals surface area contributed by atoms with Gasteiger partial charge in [0.05, 0.1) is 31.7 Å². The van der Waals surface area contributed by atoms with Crippen LogP contribution >= 0.6 is 0 Å². The van der Waals surface area contributed by atoms with Crippen LogP contribution < -0.4 is 24.6 Å². The molecule has 177 valence electrons. The SMILES string of the molecule is [CH2]c1cc(OC)c(OCc2ccc(C)nc2)cc1N1C=CN(c2cnn(C3CCNCC3)c2)C1. The van der Waals surface area contributed by atoms with Crippen LogP contribution in [0.1, 0.15) is 35.7 Å². The molecule has 1 aromatic carbocycles. The lowest BCUT2D eigenvalue weighted by Gasteiger charge is -2.24. The monoisotopic (exact) mass is 459 g/mol. The molecule has 2 aliphatic rings. The van der Waals surface area contributed by atoms with Gasteiger partial charge in [0.15, 0.2) is 11.5 Å². The molecule has 0 unspecified atom stereocenters. The van der Waals surface area contributed by atoms with Crippen LogP contribution in [0.25, 0.3) is 0 Å². The molecule has 1 saturated heterocycles. The van der Waals surface area contributed by atoms with E-state index in [4.69, 9.17) is 9.47 Å². The highest BCUT2D eigenvalue weighted by molar-refractivity contribution is 5.67. The standard InChI is InChI=1S/C26H31N6O2/c1-19-12-25(33-3)26(34-17-21-5-4-20(2)28-14-21)13-24(19)31-11-10-30(18-31)23-15-29-32(16-23)22-6-8-27-9-7-22/h4-5,10-16,22,27H,1,6-9,17-18H2,2-3H3. The zero-order valence-corrected chi connectivity index (χ0v) is 19.8. The molecule has 0 bridgehead atoms. The van der Waals surface area contributed by atoms with E-state index in [0.29, 0.717) is 30.8 Å². The Balaban J connectivity index is 1.30. The Morgan fingerprint density at radius 3 is 2.68 bits per heavy atom. The van der Waals surface area contributed by atoms with Gasteiger partial charge in [-0.3, -0.25) is 9.67 Å². The summed E-state index contributed by atoms with van der Waals surface area (Å²) in [4.78, 5) is 8.69. The summed E-state index contributed by atoms with van der Waals surface area (Å²) in [7, 11) is 1.65. The van der Waals surface area contributed by atoms with Crippen molar-refractivity contribution < 1.29 is 9.47 Å². The summed E-state index contributed by atoms with van der Waals surface area (Å²) >= 11 is 0. The maximum absolute atomic E-state index is 6.12. The van der Waals surface area contributed by atoms with Gasteiger partial charge in [-0.2, -0.15) is 5.10 Å². The molecule has 8 nitrogen and oxygen atoms in total. The van der Waals surface area contributed by atoms with Crippen molar-refractivity contribution >= 4 is 11.4 Å². The fraction of sp³-hybridized carbons (Fsp3) is 0.346. The summed E-state index contributed by atoms with van der Waals surface area (Å²) in [5, 5.41) is 8.05. The van der Waals surface area contributed by atoms with E-state index in [-0.39, 0.29) is 0 Å². The molecule has 5 rings (SSSR count). The number of anilines is 2. The molecule has 2 aliphatic heterocycles. The molecule has 1 fully saturated rings. The van der Waals surface area contributed by atoms with Crippen LogP contribution in [0, 0.1) is 13.8 Å². The van der Waals surface area contributed by atoms with Crippen LogP contribution in [-0.2, 0) is 6.61 Å². The zero-order valence-electron chi connectivity index (χ0n) is 19.8. The largest absolute Gasteiger partial charge is 0.493 e. The van der Waals surface area contributed by atoms with Crippen molar-refractivity contribution in [2.24, 2.45) is 0 Å². The van der Waals surface area contributed by atoms with Gasteiger partial charge in [0.1, 0.15) is 6.61 Å². The Hall–Kier alpha value is -3.52. The average Bonchev–Trinajstić information content (AvgIpc) is 3.55. The van der Waals surface area contributed by atoms with Crippen LogP contribution in [-0.4, -0.2) is 41.6 Å². The lowest BCUT2D eigenvalue weighted by Crippen LogP contribution is -2.29. The second-order valence-electron chi connectivity index (χ2n) is 8.77. The Labute approximate surface area is 200 Å². The minimum Gasteiger partial charge on any atom is -0.493 e. The molecular weight excluding hydrogens is 428 g/mol. The summed E-state index contributed by atoms with van der Waals surface area (Å²) in [5.74, 6) is 1.34. The number of rotatable bonds is 7. The Kier molecular flexibility index (Phi) is 6.40. The highest BCUT2D eigenvalue weighted by Crippen LogP contribution is 2.37. The molecular formula is C26H31N6O2. The highest BCUT2D eigenvalue weighted by Gasteiger charge is 2.22. The van der Waals surface area contributed by atoms with Crippen molar-refractivity contribution in [2.75, 3.05) is 36.7 Å². The third-order valence-electron chi connectivity index (χ3n) is 6.37. The number of aryl methyl sites for hydroxylation is 1. The Bertz CT molecular complexity index is 1150. The van der Waals surface area contributed by atoms with Crippen molar-refractivity contribution in [3.63, 3.8) is 0 Å². The van der Waals surface area contributed by atoms with Crippen molar-refractivity contribution in [2.45, 2.75) is 32.4 Å². The van der Waals surface area contributed by atoms with E-state index in [2.05, 4.69) is 55.4 Å². The first kappa shape index (κ1) is 22.3.